The summed E-state index contributed by atoms with van der Waals surface area (Å²) in [4.78, 5) is 13.9. The molecule has 0 spiro atoms. The molecule has 0 aromatic rings. The van der Waals surface area contributed by atoms with E-state index in [9.17, 15) is 9.90 Å². The van der Waals surface area contributed by atoms with Crippen LogP contribution in [0.4, 0.5) is 0 Å². The molecule has 17 heavy (non-hydrogen) atoms. The lowest BCUT2D eigenvalue weighted by Gasteiger charge is -2.19. The molecule has 2 rings (SSSR count). The molecule has 5 nitrogen and oxygen atoms in total. The van der Waals surface area contributed by atoms with E-state index in [1.165, 1.54) is 0 Å². The van der Waals surface area contributed by atoms with Crippen LogP contribution >= 0.6 is 0 Å². The minimum atomic E-state index is -0.343. The van der Waals surface area contributed by atoms with E-state index in [-0.39, 0.29) is 12.0 Å². The van der Waals surface area contributed by atoms with Crippen LogP contribution in [0.3, 0.4) is 0 Å². The molecule has 0 aromatic carbocycles. The largest absolute Gasteiger partial charge is 0.391 e. The molecule has 1 heterocycles. The van der Waals surface area contributed by atoms with E-state index in [0.29, 0.717) is 19.0 Å². The van der Waals surface area contributed by atoms with Crippen molar-refractivity contribution in [2.75, 3.05) is 39.3 Å². The molecule has 2 aliphatic rings. The normalized spacial score (nSPS) is 24.1. The van der Waals surface area contributed by atoms with Gasteiger partial charge in [-0.2, -0.15) is 0 Å². The fourth-order valence-corrected chi connectivity index (χ4v) is 2.18. The van der Waals surface area contributed by atoms with Crippen LogP contribution < -0.4 is 10.6 Å². The van der Waals surface area contributed by atoms with Crippen molar-refractivity contribution in [3.8, 4) is 0 Å². The van der Waals surface area contributed by atoms with E-state index >= 15 is 0 Å². The lowest BCUT2D eigenvalue weighted by atomic mass is 10.2. The fraction of sp³-hybridized carbons (Fsp3) is 0.917. The summed E-state index contributed by atoms with van der Waals surface area (Å²) in [5.74, 6) is 0.462. The average Bonchev–Trinajstić information content (AvgIpc) is 3.13. The summed E-state index contributed by atoms with van der Waals surface area (Å²) in [6.45, 7) is 4.77. The topological polar surface area (TPSA) is 64.6 Å². The SMILES string of the molecule is O=C(CN1CCCNCC1)NCC(O)C1CC1. The minimum Gasteiger partial charge on any atom is -0.391 e. The summed E-state index contributed by atoms with van der Waals surface area (Å²) in [6, 6.07) is 0. The molecule has 1 atom stereocenters. The van der Waals surface area contributed by atoms with Gasteiger partial charge in [-0.15, -0.1) is 0 Å². The summed E-state index contributed by atoms with van der Waals surface area (Å²) < 4.78 is 0. The van der Waals surface area contributed by atoms with Crippen LogP contribution in [0.1, 0.15) is 19.3 Å². The van der Waals surface area contributed by atoms with Gasteiger partial charge in [-0.3, -0.25) is 9.69 Å². The fourth-order valence-electron chi connectivity index (χ4n) is 2.18. The highest BCUT2D eigenvalue weighted by Crippen LogP contribution is 2.32. The first kappa shape index (κ1) is 12.8. The van der Waals surface area contributed by atoms with E-state index in [0.717, 1.165) is 45.4 Å². The van der Waals surface area contributed by atoms with Crippen LogP contribution in [0, 0.1) is 5.92 Å². The van der Waals surface area contributed by atoms with Crippen molar-refractivity contribution in [1.29, 1.82) is 0 Å². The first-order valence-corrected chi connectivity index (χ1v) is 6.63. The number of carbonyl (C=O) groups excluding carboxylic acids is 1. The smallest absolute Gasteiger partial charge is 0.234 e. The third-order valence-corrected chi connectivity index (χ3v) is 3.47. The second-order valence-corrected chi connectivity index (χ2v) is 5.09. The van der Waals surface area contributed by atoms with Gasteiger partial charge in [0.1, 0.15) is 0 Å². The second kappa shape index (κ2) is 6.33. The molecule has 5 heteroatoms. The van der Waals surface area contributed by atoms with E-state index in [1.807, 2.05) is 0 Å². The van der Waals surface area contributed by atoms with Gasteiger partial charge in [-0.25, -0.2) is 0 Å². The Morgan fingerprint density at radius 2 is 2.24 bits per heavy atom. The van der Waals surface area contributed by atoms with Crippen LogP contribution in [-0.2, 0) is 4.79 Å². The zero-order valence-corrected chi connectivity index (χ0v) is 10.3. The third kappa shape index (κ3) is 4.61. The van der Waals surface area contributed by atoms with Crippen LogP contribution in [-0.4, -0.2) is 61.3 Å². The molecule has 1 aliphatic carbocycles. The highest BCUT2D eigenvalue weighted by atomic mass is 16.3. The van der Waals surface area contributed by atoms with Crippen molar-refractivity contribution in [1.82, 2.24) is 15.5 Å². The second-order valence-electron chi connectivity index (χ2n) is 5.09. The standard InChI is InChI=1S/C12H23N3O2/c16-11(10-2-3-10)8-14-12(17)9-15-6-1-4-13-5-7-15/h10-11,13,16H,1-9H2,(H,14,17). The maximum atomic E-state index is 11.7. The Morgan fingerprint density at radius 3 is 3.00 bits per heavy atom. The molecule has 2 fully saturated rings. The van der Waals surface area contributed by atoms with Gasteiger partial charge >= 0.3 is 0 Å². The first-order chi connectivity index (χ1) is 8.25. The number of aliphatic hydroxyl groups is 1. The molecule has 0 aromatic heterocycles. The van der Waals surface area contributed by atoms with Crippen LogP contribution in [0.2, 0.25) is 0 Å². The molecule has 0 bridgehead atoms. The van der Waals surface area contributed by atoms with E-state index in [4.69, 9.17) is 0 Å². The van der Waals surface area contributed by atoms with Crippen molar-refractivity contribution in [3.63, 3.8) is 0 Å². The van der Waals surface area contributed by atoms with Crippen molar-refractivity contribution >= 4 is 5.91 Å². The van der Waals surface area contributed by atoms with Gasteiger partial charge in [0, 0.05) is 19.6 Å². The zero-order chi connectivity index (χ0) is 12.1. The first-order valence-electron chi connectivity index (χ1n) is 6.63. The molecule has 1 saturated heterocycles. The molecule has 0 radical (unpaired) electrons. The number of nitrogens with zero attached hydrogens (tertiary/aromatic N) is 1. The summed E-state index contributed by atoms with van der Waals surface area (Å²) >= 11 is 0. The van der Waals surface area contributed by atoms with E-state index < -0.39 is 0 Å². The van der Waals surface area contributed by atoms with Gasteiger partial charge < -0.3 is 15.7 Å². The molecule has 1 aliphatic heterocycles. The maximum Gasteiger partial charge on any atom is 0.234 e. The Bertz CT molecular complexity index is 248. The van der Waals surface area contributed by atoms with Crippen LogP contribution in [0.25, 0.3) is 0 Å². The monoisotopic (exact) mass is 241 g/mol. The summed E-state index contributed by atoms with van der Waals surface area (Å²) in [6.07, 6.45) is 2.96. The van der Waals surface area contributed by atoms with Crippen LogP contribution in [0.15, 0.2) is 0 Å². The number of aliphatic hydroxyl groups excluding tert-OH is 1. The Hall–Kier alpha value is -0.650. The van der Waals surface area contributed by atoms with Crippen LogP contribution in [0.5, 0.6) is 0 Å². The van der Waals surface area contributed by atoms with Gasteiger partial charge in [0.2, 0.25) is 5.91 Å². The number of rotatable bonds is 5. The predicted octanol–water partition coefficient (Wildman–Crippen LogP) is -0.831. The number of hydrogen-bond acceptors (Lipinski definition) is 4. The number of carbonyl (C=O) groups is 1. The van der Waals surface area contributed by atoms with Gasteiger partial charge in [0.05, 0.1) is 12.6 Å². The highest BCUT2D eigenvalue weighted by Gasteiger charge is 2.29. The number of amides is 1. The summed E-state index contributed by atoms with van der Waals surface area (Å²) in [5, 5.41) is 15.8. The minimum absolute atomic E-state index is 0.0339. The Morgan fingerprint density at radius 1 is 1.41 bits per heavy atom. The van der Waals surface area contributed by atoms with Gasteiger partial charge in [0.15, 0.2) is 0 Å². The third-order valence-electron chi connectivity index (χ3n) is 3.47. The van der Waals surface area contributed by atoms with Crippen molar-refractivity contribution < 1.29 is 9.90 Å². The van der Waals surface area contributed by atoms with Crippen molar-refractivity contribution in [2.45, 2.75) is 25.4 Å². The Balaban J connectivity index is 1.61. The maximum absolute atomic E-state index is 11.7. The summed E-state index contributed by atoms with van der Waals surface area (Å²) in [7, 11) is 0. The Kier molecular flexibility index (Phi) is 4.76. The molecule has 1 saturated carbocycles. The van der Waals surface area contributed by atoms with Crippen molar-refractivity contribution in [2.24, 2.45) is 5.92 Å². The van der Waals surface area contributed by atoms with Gasteiger partial charge in [-0.05, 0) is 38.3 Å². The lowest BCUT2D eigenvalue weighted by molar-refractivity contribution is -0.122. The quantitative estimate of drug-likeness (QED) is 0.588. The molecule has 98 valence electrons. The summed E-state index contributed by atoms with van der Waals surface area (Å²) in [5.41, 5.74) is 0. The number of nitrogens with one attached hydrogen (secondary N) is 2. The molecule has 3 N–H and O–H groups in total. The lowest BCUT2D eigenvalue weighted by Crippen LogP contribution is -2.41. The molecular weight excluding hydrogens is 218 g/mol. The van der Waals surface area contributed by atoms with Gasteiger partial charge in [-0.1, -0.05) is 0 Å². The molecular formula is C12H23N3O2. The van der Waals surface area contributed by atoms with Gasteiger partial charge in [0.25, 0.3) is 0 Å². The molecule has 1 unspecified atom stereocenters. The Labute approximate surface area is 103 Å². The van der Waals surface area contributed by atoms with E-state index in [2.05, 4.69) is 15.5 Å². The van der Waals surface area contributed by atoms with Crippen molar-refractivity contribution in [3.05, 3.63) is 0 Å². The molecule has 1 amide bonds. The zero-order valence-electron chi connectivity index (χ0n) is 10.3. The van der Waals surface area contributed by atoms with E-state index in [1.54, 1.807) is 0 Å². The highest BCUT2D eigenvalue weighted by molar-refractivity contribution is 5.78. The predicted molar refractivity (Wildman–Crippen MR) is 65.7 cm³/mol. The average molecular weight is 241 g/mol. The number of hydrogen-bond donors (Lipinski definition) is 3.